The van der Waals surface area contributed by atoms with E-state index in [1.54, 1.807) is 0 Å². The number of hydrogen-bond acceptors (Lipinski definition) is 5. The fraction of sp³-hybridized carbons (Fsp3) is 0.200. The molecule has 7 nitrogen and oxygen atoms in total. The number of aromatic nitrogens is 3. The molecule has 0 radical (unpaired) electrons. The Morgan fingerprint density at radius 1 is 0.971 bits per heavy atom. The van der Waals surface area contributed by atoms with Crippen molar-refractivity contribution in [3.8, 4) is 5.69 Å². The van der Waals surface area contributed by atoms with Gasteiger partial charge in [0.1, 0.15) is 17.3 Å². The lowest BCUT2D eigenvalue weighted by Crippen LogP contribution is -2.21. The quantitative estimate of drug-likeness (QED) is 0.397. The lowest BCUT2D eigenvalue weighted by molar-refractivity contribution is 0.322. The lowest BCUT2D eigenvalue weighted by atomic mass is 10.1. The molecular weight excluding hydrogens is 453 g/mol. The second kappa shape index (κ2) is 10.3. The van der Waals surface area contributed by atoms with Gasteiger partial charge in [0.05, 0.1) is 11.4 Å². The Morgan fingerprint density at radius 2 is 1.62 bits per heavy atom. The standard InChI is InChI=1S/C25H26FN5O2S/c1-30(15-14-19-8-4-2-5-9-19)18-24-28-25(16-20-10-6-3-7-11-20)31(29-24)23-13-12-21(17-22(23)26)34(27,32)33/h2-13,17H,14-16,18H2,1H3,(H2,27,32,33). The van der Waals surface area contributed by atoms with E-state index in [9.17, 15) is 12.8 Å². The second-order valence-corrected chi connectivity index (χ2v) is 9.71. The first-order valence-electron chi connectivity index (χ1n) is 10.8. The molecule has 0 aliphatic heterocycles. The maximum absolute atomic E-state index is 14.9. The minimum atomic E-state index is -4.01. The van der Waals surface area contributed by atoms with Gasteiger partial charge < -0.3 is 0 Å². The van der Waals surface area contributed by atoms with Gasteiger partial charge in [-0.1, -0.05) is 60.7 Å². The summed E-state index contributed by atoms with van der Waals surface area (Å²) in [5.41, 5.74) is 2.36. The summed E-state index contributed by atoms with van der Waals surface area (Å²) in [5.74, 6) is 0.367. The van der Waals surface area contributed by atoms with Gasteiger partial charge in [0.2, 0.25) is 10.0 Å². The zero-order valence-corrected chi connectivity index (χ0v) is 19.6. The molecular formula is C25H26FN5O2S. The number of nitrogens with zero attached hydrogens (tertiary/aromatic N) is 4. The maximum atomic E-state index is 14.9. The molecule has 4 aromatic rings. The molecule has 0 spiro atoms. The fourth-order valence-electron chi connectivity index (χ4n) is 3.67. The molecule has 1 aromatic heterocycles. The van der Waals surface area contributed by atoms with Crippen LogP contribution in [0.15, 0.2) is 83.8 Å². The highest BCUT2D eigenvalue weighted by atomic mass is 32.2. The van der Waals surface area contributed by atoms with Crippen LogP contribution in [0.1, 0.15) is 22.8 Å². The third-order valence-electron chi connectivity index (χ3n) is 5.44. The van der Waals surface area contributed by atoms with Crippen LogP contribution in [-0.2, 0) is 29.4 Å². The molecule has 0 unspecified atom stereocenters. The minimum absolute atomic E-state index is 0.115. The van der Waals surface area contributed by atoms with Crippen molar-refractivity contribution in [1.82, 2.24) is 19.7 Å². The zero-order chi connectivity index (χ0) is 24.1. The Morgan fingerprint density at radius 3 is 2.24 bits per heavy atom. The Kier molecular flexibility index (Phi) is 7.16. The maximum Gasteiger partial charge on any atom is 0.238 e. The van der Waals surface area contributed by atoms with Crippen LogP contribution in [-0.4, -0.2) is 41.7 Å². The Hall–Kier alpha value is -3.40. The van der Waals surface area contributed by atoms with E-state index < -0.39 is 15.8 Å². The molecule has 0 fully saturated rings. The number of nitrogens with two attached hydrogens (primary N) is 1. The summed E-state index contributed by atoms with van der Waals surface area (Å²) in [4.78, 5) is 6.51. The van der Waals surface area contributed by atoms with E-state index in [1.165, 1.54) is 22.4 Å². The predicted molar refractivity (Wildman–Crippen MR) is 128 cm³/mol. The Labute approximate surface area is 198 Å². The van der Waals surface area contributed by atoms with Gasteiger partial charge >= 0.3 is 0 Å². The van der Waals surface area contributed by atoms with Crippen molar-refractivity contribution in [2.24, 2.45) is 5.14 Å². The van der Waals surface area contributed by atoms with Crippen molar-refractivity contribution in [2.45, 2.75) is 24.3 Å². The average molecular weight is 480 g/mol. The van der Waals surface area contributed by atoms with E-state index in [2.05, 4.69) is 27.1 Å². The fourth-order valence-corrected chi connectivity index (χ4v) is 4.19. The van der Waals surface area contributed by atoms with E-state index in [0.717, 1.165) is 24.6 Å². The van der Waals surface area contributed by atoms with Crippen molar-refractivity contribution in [3.05, 3.63) is 107 Å². The van der Waals surface area contributed by atoms with Crippen LogP contribution in [0.3, 0.4) is 0 Å². The molecule has 0 saturated heterocycles. The third kappa shape index (κ3) is 5.93. The molecule has 1 heterocycles. The highest BCUT2D eigenvalue weighted by Crippen LogP contribution is 2.20. The molecule has 3 aromatic carbocycles. The lowest BCUT2D eigenvalue weighted by Gasteiger charge is -2.14. The molecule has 9 heteroatoms. The summed E-state index contributed by atoms with van der Waals surface area (Å²) in [6.45, 7) is 1.29. The van der Waals surface area contributed by atoms with Crippen LogP contribution in [0.4, 0.5) is 4.39 Å². The minimum Gasteiger partial charge on any atom is -0.299 e. The Balaban J connectivity index is 1.61. The first-order chi connectivity index (χ1) is 16.3. The molecule has 0 amide bonds. The number of hydrogen-bond donors (Lipinski definition) is 1. The number of halogens is 1. The van der Waals surface area contributed by atoms with Crippen molar-refractivity contribution in [3.63, 3.8) is 0 Å². The SMILES string of the molecule is CN(CCc1ccccc1)Cc1nc(Cc2ccccc2)n(-c2ccc(S(N)(=O)=O)cc2F)n1. The smallest absolute Gasteiger partial charge is 0.238 e. The molecule has 0 aliphatic carbocycles. The first-order valence-corrected chi connectivity index (χ1v) is 12.4. The molecule has 0 bridgehead atoms. The third-order valence-corrected chi connectivity index (χ3v) is 6.35. The summed E-state index contributed by atoms with van der Waals surface area (Å²) in [6.07, 6.45) is 1.33. The van der Waals surface area contributed by atoms with Gasteiger partial charge in [0.25, 0.3) is 0 Å². The van der Waals surface area contributed by atoms with Crippen LogP contribution in [0.5, 0.6) is 0 Å². The molecule has 0 saturated carbocycles. The number of rotatable bonds is 9. The summed E-state index contributed by atoms with van der Waals surface area (Å²) in [7, 11) is -2.03. The predicted octanol–water partition coefficient (Wildman–Crippen LogP) is 3.32. The van der Waals surface area contributed by atoms with E-state index in [4.69, 9.17) is 5.14 Å². The monoisotopic (exact) mass is 479 g/mol. The van der Waals surface area contributed by atoms with Gasteiger partial charge in [-0.05, 0) is 42.8 Å². The summed E-state index contributed by atoms with van der Waals surface area (Å²) >= 11 is 0. The normalized spacial score (nSPS) is 11.8. The average Bonchev–Trinajstić information content (AvgIpc) is 3.20. The summed E-state index contributed by atoms with van der Waals surface area (Å²) in [5, 5.41) is 9.71. The van der Waals surface area contributed by atoms with Gasteiger partial charge in [-0.3, -0.25) is 4.90 Å². The Bertz CT molecular complexity index is 1360. The van der Waals surface area contributed by atoms with Gasteiger partial charge in [-0.25, -0.2) is 27.6 Å². The highest BCUT2D eigenvalue weighted by Gasteiger charge is 2.18. The first kappa shape index (κ1) is 23.7. The molecule has 34 heavy (non-hydrogen) atoms. The molecule has 176 valence electrons. The highest BCUT2D eigenvalue weighted by molar-refractivity contribution is 7.89. The van der Waals surface area contributed by atoms with Crippen LogP contribution in [0.25, 0.3) is 5.69 Å². The molecule has 2 N–H and O–H groups in total. The van der Waals surface area contributed by atoms with Gasteiger partial charge in [-0.2, -0.15) is 0 Å². The van der Waals surface area contributed by atoms with Crippen LogP contribution < -0.4 is 5.14 Å². The van der Waals surface area contributed by atoms with Crippen molar-refractivity contribution < 1.29 is 12.8 Å². The van der Waals surface area contributed by atoms with E-state index >= 15 is 0 Å². The van der Waals surface area contributed by atoms with E-state index in [0.29, 0.717) is 24.6 Å². The largest absolute Gasteiger partial charge is 0.299 e. The molecule has 4 rings (SSSR count). The van der Waals surface area contributed by atoms with Crippen molar-refractivity contribution in [2.75, 3.05) is 13.6 Å². The van der Waals surface area contributed by atoms with Gasteiger partial charge in [-0.15, -0.1) is 5.10 Å². The zero-order valence-electron chi connectivity index (χ0n) is 18.8. The number of benzene rings is 3. The summed E-state index contributed by atoms with van der Waals surface area (Å²) in [6, 6.07) is 23.5. The molecule has 0 aliphatic rings. The van der Waals surface area contributed by atoms with Crippen LogP contribution >= 0.6 is 0 Å². The van der Waals surface area contributed by atoms with Crippen LogP contribution in [0.2, 0.25) is 0 Å². The van der Waals surface area contributed by atoms with Gasteiger partial charge in [0.15, 0.2) is 5.82 Å². The second-order valence-electron chi connectivity index (χ2n) is 8.15. The number of likely N-dealkylation sites (N-methyl/N-ethyl adjacent to an activating group) is 1. The van der Waals surface area contributed by atoms with Gasteiger partial charge in [0, 0.05) is 13.0 Å². The van der Waals surface area contributed by atoms with E-state index in [-0.39, 0.29) is 10.6 Å². The topological polar surface area (TPSA) is 94.1 Å². The number of sulfonamides is 1. The number of primary sulfonamides is 1. The van der Waals surface area contributed by atoms with E-state index in [1.807, 2.05) is 55.6 Å². The molecule has 0 atom stereocenters. The summed E-state index contributed by atoms with van der Waals surface area (Å²) < 4.78 is 39.6. The van der Waals surface area contributed by atoms with Crippen molar-refractivity contribution >= 4 is 10.0 Å². The van der Waals surface area contributed by atoms with Crippen LogP contribution in [0, 0.1) is 5.82 Å². The van der Waals surface area contributed by atoms with Crippen molar-refractivity contribution in [1.29, 1.82) is 0 Å².